The van der Waals surface area contributed by atoms with E-state index in [1.165, 1.54) is 25.9 Å². The molecule has 3 nitrogen and oxygen atoms in total. The summed E-state index contributed by atoms with van der Waals surface area (Å²) in [7, 11) is 0. The highest BCUT2D eigenvalue weighted by Gasteiger charge is 2.21. The van der Waals surface area contributed by atoms with E-state index in [9.17, 15) is 0 Å². The first-order chi connectivity index (χ1) is 8.16. The minimum Gasteiger partial charge on any atom is -0.383 e. The summed E-state index contributed by atoms with van der Waals surface area (Å²) < 4.78 is 0. The van der Waals surface area contributed by atoms with Crippen LogP contribution in [0.15, 0.2) is 18.3 Å². The fraction of sp³-hybridized carbons (Fsp3) is 0.643. The molecule has 0 aliphatic carbocycles. The zero-order chi connectivity index (χ0) is 12.3. The van der Waals surface area contributed by atoms with E-state index in [1.54, 1.807) is 6.20 Å². The average molecular weight is 233 g/mol. The molecule has 1 fully saturated rings. The standard InChI is InChI=1S/C14H23N3/c1-11(2)12-5-8-17(9-6-12)10-13-4-3-7-16-14(13)15/h3-4,7,11-12H,5-6,8-10H2,1-2H3,(H2,15,16). The Balaban J connectivity index is 1.88. The van der Waals surface area contributed by atoms with Crippen LogP contribution < -0.4 is 5.73 Å². The molecule has 0 aromatic carbocycles. The van der Waals surface area contributed by atoms with Gasteiger partial charge in [0.1, 0.15) is 5.82 Å². The summed E-state index contributed by atoms with van der Waals surface area (Å²) in [6, 6.07) is 4.05. The summed E-state index contributed by atoms with van der Waals surface area (Å²) in [5.74, 6) is 2.40. The third-order valence-electron chi connectivity index (χ3n) is 3.90. The Morgan fingerprint density at radius 3 is 2.71 bits per heavy atom. The number of aromatic nitrogens is 1. The zero-order valence-electron chi connectivity index (χ0n) is 10.9. The third-order valence-corrected chi connectivity index (χ3v) is 3.90. The summed E-state index contributed by atoms with van der Waals surface area (Å²) in [5, 5.41) is 0. The number of likely N-dealkylation sites (tertiary alicyclic amines) is 1. The van der Waals surface area contributed by atoms with Gasteiger partial charge in [-0.25, -0.2) is 4.98 Å². The fourth-order valence-electron chi connectivity index (χ4n) is 2.60. The highest BCUT2D eigenvalue weighted by Crippen LogP contribution is 2.25. The molecule has 0 radical (unpaired) electrons. The normalized spacial score (nSPS) is 18.8. The van der Waals surface area contributed by atoms with Gasteiger partial charge >= 0.3 is 0 Å². The number of piperidine rings is 1. The number of nitrogen functional groups attached to an aromatic ring is 1. The maximum atomic E-state index is 5.88. The molecule has 1 aliphatic rings. The molecule has 0 saturated carbocycles. The molecule has 2 N–H and O–H groups in total. The Labute approximate surface area is 104 Å². The Morgan fingerprint density at radius 1 is 1.41 bits per heavy atom. The molecule has 0 unspecified atom stereocenters. The van der Waals surface area contributed by atoms with E-state index in [0.717, 1.165) is 23.9 Å². The first kappa shape index (κ1) is 12.4. The second-order valence-electron chi connectivity index (χ2n) is 5.41. The topological polar surface area (TPSA) is 42.2 Å². The molecule has 1 saturated heterocycles. The van der Waals surface area contributed by atoms with Crippen LogP contribution >= 0.6 is 0 Å². The Kier molecular flexibility index (Phi) is 4.00. The quantitative estimate of drug-likeness (QED) is 0.872. The van der Waals surface area contributed by atoms with Crippen molar-refractivity contribution in [3.63, 3.8) is 0 Å². The fourth-order valence-corrected chi connectivity index (χ4v) is 2.60. The van der Waals surface area contributed by atoms with Crippen LogP contribution in [0.25, 0.3) is 0 Å². The lowest BCUT2D eigenvalue weighted by Crippen LogP contribution is -2.34. The molecule has 3 heteroatoms. The number of anilines is 1. The van der Waals surface area contributed by atoms with Crippen molar-refractivity contribution in [3.05, 3.63) is 23.9 Å². The first-order valence-corrected chi connectivity index (χ1v) is 6.58. The van der Waals surface area contributed by atoms with E-state index in [-0.39, 0.29) is 0 Å². The monoisotopic (exact) mass is 233 g/mol. The molecule has 0 atom stereocenters. The smallest absolute Gasteiger partial charge is 0.127 e. The van der Waals surface area contributed by atoms with Gasteiger partial charge in [0.15, 0.2) is 0 Å². The van der Waals surface area contributed by atoms with E-state index in [0.29, 0.717) is 5.82 Å². The molecule has 94 valence electrons. The Bertz CT molecular complexity index is 354. The lowest BCUT2D eigenvalue weighted by atomic mass is 9.86. The third kappa shape index (κ3) is 3.19. The number of hydrogen-bond acceptors (Lipinski definition) is 3. The zero-order valence-corrected chi connectivity index (χ0v) is 10.9. The van der Waals surface area contributed by atoms with Gasteiger partial charge in [0.25, 0.3) is 0 Å². The van der Waals surface area contributed by atoms with Gasteiger partial charge < -0.3 is 5.73 Å². The van der Waals surface area contributed by atoms with Gasteiger partial charge in [0, 0.05) is 18.3 Å². The lowest BCUT2D eigenvalue weighted by Gasteiger charge is -2.33. The van der Waals surface area contributed by atoms with E-state index >= 15 is 0 Å². The van der Waals surface area contributed by atoms with Gasteiger partial charge in [-0.2, -0.15) is 0 Å². The van der Waals surface area contributed by atoms with Crippen LogP contribution in [0, 0.1) is 11.8 Å². The van der Waals surface area contributed by atoms with Crippen molar-refractivity contribution < 1.29 is 0 Å². The van der Waals surface area contributed by atoms with Crippen LogP contribution in [0.2, 0.25) is 0 Å². The minimum absolute atomic E-state index is 0.679. The van der Waals surface area contributed by atoms with E-state index < -0.39 is 0 Å². The van der Waals surface area contributed by atoms with E-state index in [4.69, 9.17) is 5.73 Å². The van der Waals surface area contributed by atoms with Gasteiger partial charge in [0.2, 0.25) is 0 Å². The van der Waals surface area contributed by atoms with Gasteiger partial charge in [-0.1, -0.05) is 19.9 Å². The summed E-state index contributed by atoms with van der Waals surface area (Å²) >= 11 is 0. The molecule has 1 aromatic rings. The van der Waals surface area contributed by atoms with Crippen molar-refractivity contribution in [2.75, 3.05) is 18.8 Å². The van der Waals surface area contributed by atoms with Crippen molar-refractivity contribution in [3.8, 4) is 0 Å². The van der Waals surface area contributed by atoms with Crippen LogP contribution in [0.4, 0.5) is 5.82 Å². The van der Waals surface area contributed by atoms with Crippen molar-refractivity contribution in [1.29, 1.82) is 0 Å². The van der Waals surface area contributed by atoms with Crippen LogP contribution in [0.3, 0.4) is 0 Å². The summed E-state index contributed by atoms with van der Waals surface area (Å²) in [6.45, 7) is 8.00. The predicted molar refractivity (Wildman–Crippen MR) is 71.5 cm³/mol. The minimum atomic E-state index is 0.679. The average Bonchev–Trinajstić information content (AvgIpc) is 2.33. The molecule has 0 bridgehead atoms. The highest BCUT2D eigenvalue weighted by molar-refractivity contribution is 5.38. The summed E-state index contributed by atoms with van der Waals surface area (Å²) in [6.07, 6.45) is 4.39. The van der Waals surface area contributed by atoms with E-state index in [2.05, 4.69) is 29.8 Å². The molecular weight excluding hydrogens is 210 g/mol. The number of nitrogens with zero attached hydrogens (tertiary/aromatic N) is 2. The first-order valence-electron chi connectivity index (χ1n) is 6.58. The predicted octanol–water partition coefficient (Wildman–Crippen LogP) is 2.53. The van der Waals surface area contributed by atoms with Gasteiger partial charge in [0.05, 0.1) is 0 Å². The Hall–Kier alpha value is -1.09. The van der Waals surface area contributed by atoms with Gasteiger partial charge in [-0.3, -0.25) is 4.90 Å². The maximum Gasteiger partial charge on any atom is 0.127 e. The van der Waals surface area contributed by atoms with E-state index in [1.807, 2.05) is 6.07 Å². The van der Waals surface area contributed by atoms with Crippen molar-refractivity contribution in [1.82, 2.24) is 9.88 Å². The molecule has 1 aromatic heterocycles. The molecule has 1 aliphatic heterocycles. The van der Waals surface area contributed by atoms with Crippen molar-refractivity contribution in [2.24, 2.45) is 11.8 Å². The molecular formula is C14H23N3. The van der Waals surface area contributed by atoms with Crippen molar-refractivity contribution in [2.45, 2.75) is 33.2 Å². The SMILES string of the molecule is CC(C)C1CCN(Cc2cccnc2N)CC1. The van der Waals surface area contributed by atoms with Gasteiger partial charge in [-0.05, 0) is 43.8 Å². The summed E-state index contributed by atoms with van der Waals surface area (Å²) in [4.78, 5) is 6.63. The Morgan fingerprint density at radius 2 is 2.12 bits per heavy atom. The number of rotatable bonds is 3. The van der Waals surface area contributed by atoms with Crippen LogP contribution in [-0.2, 0) is 6.54 Å². The number of pyridine rings is 1. The van der Waals surface area contributed by atoms with Crippen LogP contribution in [-0.4, -0.2) is 23.0 Å². The largest absolute Gasteiger partial charge is 0.383 e. The second kappa shape index (κ2) is 5.50. The molecule has 17 heavy (non-hydrogen) atoms. The van der Waals surface area contributed by atoms with Gasteiger partial charge in [-0.15, -0.1) is 0 Å². The maximum absolute atomic E-state index is 5.88. The van der Waals surface area contributed by atoms with Crippen LogP contribution in [0.5, 0.6) is 0 Å². The number of hydrogen-bond donors (Lipinski definition) is 1. The summed E-state index contributed by atoms with van der Waals surface area (Å²) in [5.41, 5.74) is 7.04. The second-order valence-corrected chi connectivity index (χ2v) is 5.41. The highest BCUT2D eigenvalue weighted by atomic mass is 15.1. The molecule has 2 rings (SSSR count). The van der Waals surface area contributed by atoms with Crippen LogP contribution in [0.1, 0.15) is 32.3 Å². The molecule has 2 heterocycles. The molecule has 0 amide bonds. The lowest BCUT2D eigenvalue weighted by molar-refractivity contribution is 0.152. The molecule has 0 spiro atoms. The number of nitrogens with two attached hydrogens (primary N) is 1. The van der Waals surface area contributed by atoms with Crippen molar-refractivity contribution >= 4 is 5.82 Å².